The van der Waals surface area contributed by atoms with E-state index in [9.17, 15) is 4.79 Å². The fourth-order valence-electron chi connectivity index (χ4n) is 1.81. The lowest BCUT2D eigenvalue weighted by Crippen LogP contribution is -2.16. The van der Waals surface area contributed by atoms with E-state index in [1.54, 1.807) is 6.92 Å². The highest BCUT2D eigenvalue weighted by atomic mass is 16.4. The van der Waals surface area contributed by atoms with Gasteiger partial charge in [0.1, 0.15) is 0 Å². The zero-order valence-electron chi connectivity index (χ0n) is 10.1. The molecular weight excluding hydrogens is 214 g/mol. The summed E-state index contributed by atoms with van der Waals surface area (Å²) >= 11 is 0. The van der Waals surface area contributed by atoms with Crippen molar-refractivity contribution in [2.45, 2.75) is 32.2 Å². The summed E-state index contributed by atoms with van der Waals surface area (Å²) in [7, 11) is 0. The molecule has 0 aromatic heterocycles. The molecule has 92 valence electrons. The lowest BCUT2D eigenvalue weighted by Gasteiger charge is -2.08. The minimum absolute atomic E-state index is 0.427. The topological polar surface area (TPSA) is 49.3 Å². The van der Waals surface area contributed by atoms with Crippen molar-refractivity contribution < 1.29 is 9.90 Å². The second kappa shape index (κ2) is 5.32. The molecule has 3 nitrogen and oxygen atoms in total. The van der Waals surface area contributed by atoms with Crippen molar-refractivity contribution >= 4 is 5.97 Å². The van der Waals surface area contributed by atoms with Crippen LogP contribution in [0.15, 0.2) is 24.3 Å². The average Bonchev–Trinajstić information content (AvgIpc) is 3.13. The van der Waals surface area contributed by atoms with Crippen molar-refractivity contribution in [3.8, 4) is 0 Å². The number of benzene rings is 1. The second-order valence-electron chi connectivity index (χ2n) is 4.88. The van der Waals surface area contributed by atoms with Crippen LogP contribution in [0.3, 0.4) is 0 Å². The van der Waals surface area contributed by atoms with Crippen LogP contribution in [0, 0.1) is 5.92 Å². The monoisotopic (exact) mass is 233 g/mol. The van der Waals surface area contributed by atoms with Gasteiger partial charge in [-0.1, -0.05) is 24.3 Å². The van der Waals surface area contributed by atoms with Gasteiger partial charge in [-0.25, -0.2) is 0 Å². The first-order valence-electron chi connectivity index (χ1n) is 6.19. The number of rotatable bonds is 6. The van der Waals surface area contributed by atoms with Crippen molar-refractivity contribution in [2.75, 3.05) is 6.54 Å². The van der Waals surface area contributed by atoms with Gasteiger partial charge in [0.05, 0.1) is 5.92 Å². The third kappa shape index (κ3) is 3.56. The molecule has 2 N–H and O–H groups in total. The molecule has 0 bridgehead atoms. The van der Waals surface area contributed by atoms with Crippen LogP contribution in [0.4, 0.5) is 0 Å². The van der Waals surface area contributed by atoms with Gasteiger partial charge >= 0.3 is 5.97 Å². The maximum atomic E-state index is 10.8. The van der Waals surface area contributed by atoms with Crippen molar-refractivity contribution in [1.29, 1.82) is 0 Å². The molecule has 1 aliphatic carbocycles. The molecule has 0 aliphatic heterocycles. The van der Waals surface area contributed by atoms with Crippen molar-refractivity contribution in [1.82, 2.24) is 5.32 Å². The summed E-state index contributed by atoms with van der Waals surface area (Å²) in [5, 5.41) is 12.3. The summed E-state index contributed by atoms with van der Waals surface area (Å²) in [6.45, 7) is 3.69. The van der Waals surface area contributed by atoms with Gasteiger partial charge in [-0.2, -0.15) is 0 Å². The van der Waals surface area contributed by atoms with Gasteiger partial charge in [-0.3, -0.25) is 4.79 Å². The maximum Gasteiger partial charge on any atom is 0.310 e. The number of carbonyl (C=O) groups is 1. The highest BCUT2D eigenvalue weighted by Gasteiger charge is 2.20. The van der Waals surface area contributed by atoms with E-state index in [-0.39, 0.29) is 0 Å². The van der Waals surface area contributed by atoms with E-state index in [1.807, 2.05) is 24.3 Å². The minimum Gasteiger partial charge on any atom is -0.481 e. The van der Waals surface area contributed by atoms with Gasteiger partial charge in [0.25, 0.3) is 0 Å². The lowest BCUT2D eigenvalue weighted by atomic mass is 10.00. The molecule has 0 amide bonds. The molecule has 3 heteroatoms. The summed E-state index contributed by atoms with van der Waals surface area (Å²) in [4.78, 5) is 10.8. The molecular formula is C14H19NO2. The van der Waals surface area contributed by atoms with Gasteiger partial charge in [0.15, 0.2) is 0 Å². The Kier molecular flexibility index (Phi) is 3.79. The molecule has 0 radical (unpaired) electrons. The summed E-state index contributed by atoms with van der Waals surface area (Å²) in [5.41, 5.74) is 2.08. The zero-order chi connectivity index (χ0) is 12.3. The molecule has 0 spiro atoms. The van der Waals surface area contributed by atoms with E-state index in [0.29, 0.717) is 0 Å². The molecule has 1 aliphatic rings. The Bertz CT molecular complexity index is 382. The molecule has 2 rings (SSSR count). The zero-order valence-corrected chi connectivity index (χ0v) is 10.1. The fourth-order valence-corrected chi connectivity index (χ4v) is 1.81. The molecule has 1 fully saturated rings. The summed E-state index contributed by atoms with van der Waals surface area (Å²) in [6, 6.07) is 7.84. The van der Waals surface area contributed by atoms with Crippen LogP contribution in [-0.4, -0.2) is 17.6 Å². The number of carboxylic acids is 1. The van der Waals surface area contributed by atoms with Crippen LogP contribution < -0.4 is 5.32 Å². The normalized spacial score (nSPS) is 16.8. The molecule has 1 atom stereocenters. The van der Waals surface area contributed by atoms with Crippen LogP contribution in [-0.2, 0) is 11.3 Å². The fraction of sp³-hybridized carbons (Fsp3) is 0.500. The predicted octanol–water partition coefficient (Wildman–Crippen LogP) is 2.37. The van der Waals surface area contributed by atoms with Gasteiger partial charge < -0.3 is 10.4 Å². The standard InChI is InChI=1S/C14H19NO2/c1-10(14(16)17)13-6-4-12(5-7-13)9-15-8-11-2-3-11/h4-7,10-11,15H,2-3,8-9H2,1H3,(H,16,17). The Morgan fingerprint density at radius 3 is 2.59 bits per heavy atom. The number of hydrogen-bond acceptors (Lipinski definition) is 2. The van der Waals surface area contributed by atoms with Gasteiger partial charge in [-0.15, -0.1) is 0 Å². The molecule has 17 heavy (non-hydrogen) atoms. The van der Waals surface area contributed by atoms with Crippen molar-refractivity contribution in [3.05, 3.63) is 35.4 Å². The van der Waals surface area contributed by atoms with Crippen LogP contribution in [0.25, 0.3) is 0 Å². The quantitative estimate of drug-likeness (QED) is 0.793. The lowest BCUT2D eigenvalue weighted by molar-refractivity contribution is -0.138. The van der Waals surface area contributed by atoms with E-state index in [0.717, 1.165) is 24.6 Å². The first-order chi connectivity index (χ1) is 8.16. The number of aliphatic carboxylic acids is 1. The molecule has 1 aromatic carbocycles. The van der Waals surface area contributed by atoms with Gasteiger partial charge in [-0.05, 0) is 43.4 Å². The van der Waals surface area contributed by atoms with Crippen molar-refractivity contribution in [2.24, 2.45) is 5.92 Å². The summed E-state index contributed by atoms with van der Waals surface area (Å²) in [5.74, 6) is -0.311. The van der Waals surface area contributed by atoms with Crippen LogP contribution in [0.1, 0.15) is 36.8 Å². The Morgan fingerprint density at radius 2 is 2.06 bits per heavy atom. The Labute approximate surface area is 102 Å². The SMILES string of the molecule is CC(C(=O)O)c1ccc(CNCC2CC2)cc1. The Morgan fingerprint density at radius 1 is 1.41 bits per heavy atom. The maximum absolute atomic E-state index is 10.8. The molecule has 0 saturated heterocycles. The van der Waals surface area contributed by atoms with E-state index >= 15 is 0 Å². The van der Waals surface area contributed by atoms with E-state index < -0.39 is 11.9 Å². The third-order valence-electron chi connectivity index (χ3n) is 3.31. The highest BCUT2D eigenvalue weighted by molar-refractivity contribution is 5.75. The van der Waals surface area contributed by atoms with E-state index in [4.69, 9.17) is 5.11 Å². The summed E-state index contributed by atoms with van der Waals surface area (Å²) in [6.07, 6.45) is 2.73. The number of hydrogen-bond donors (Lipinski definition) is 2. The van der Waals surface area contributed by atoms with Crippen LogP contribution in [0.2, 0.25) is 0 Å². The molecule has 1 saturated carbocycles. The van der Waals surface area contributed by atoms with Gasteiger partial charge in [0, 0.05) is 6.54 Å². The third-order valence-corrected chi connectivity index (χ3v) is 3.31. The van der Waals surface area contributed by atoms with Gasteiger partial charge in [0.2, 0.25) is 0 Å². The largest absolute Gasteiger partial charge is 0.481 e. The number of carboxylic acid groups (broad SMARTS) is 1. The first-order valence-corrected chi connectivity index (χ1v) is 6.19. The Hall–Kier alpha value is -1.35. The van der Waals surface area contributed by atoms with Crippen LogP contribution in [0.5, 0.6) is 0 Å². The molecule has 1 aromatic rings. The Balaban J connectivity index is 1.85. The highest BCUT2D eigenvalue weighted by Crippen LogP contribution is 2.27. The predicted molar refractivity (Wildman–Crippen MR) is 66.9 cm³/mol. The first kappa shape index (κ1) is 12.1. The van der Waals surface area contributed by atoms with E-state index in [2.05, 4.69) is 5.32 Å². The second-order valence-corrected chi connectivity index (χ2v) is 4.88. The van der Waals surface area contributed by atoms with E-state index in [1.165, 1.54) is 18.4 Å². The summed E-state index contributed by atoms with van der Waals surface area (Å²) < 4.78 is 0. The number of nitrogens with one attached hydrogen (secondary N) is 1. The molecule has 0 heterocycles. The van der Waals surface area contributed by atoms with Crippen LogP contribution >= 0.6 is 0 Å². The van der Waals surface area contributed by atoms with Crippen molar-refractivity contribution in [3.63, 3.8) is 0 Å². The average molecular weight is 233 g/mol. The molecule has 1 unspecified atom stereocenters. The smallest absolute Gasteiger partial charge is 0.310 e. The minimum atomic E-state index is -0.774.